The van der Waals surface area contributed by atoms with Gasteiger partial charge in [0.1, 0.15) is 12.2 Å². The van der Waals surface area contributed by atoms with Crippen LogP contribution >= 0.6 is 0 Å². The van der Waals surface area contributed by atoms with E-state index in [-0.39, 0.29) is 18.1 Å². The summed E-state index contributed by atoms with van der Waals surface area (Å²) in [4.78, 5) is 23.1. The number of rotatable bonds is 7. The molecule has 106 valence electrons. The van der Waals surface area contributed by atoms with Crippen LogP contribution in [0.15, 0.2) is 0 Å². The van der Waals surface area contributed by atoms with Gasteiger partial charge >= 0.3 is 11.7 Å². The summed E-state index contributed by atoms with van der Waals surface area (Å²) in [5.74, 6) is -0.770. The van der Waals surface area contributed by atoms with Crippen LogP contribution < -0.4 is 4.90 Å². The molecule has 0 aliphatic carbocycles. The number of carboxylic acid groups (broad SMARTS) is 1. The number of nitro groups is 1. The van der Waals surface area contributed by atoms with E-state index in [1.54, 1.807) is 14.0 Å². The molecule has 1 aromatic heterocycles. The van der Waals surface area contributed by atoms with E-state index in [2.05, 4.69) is 5.10 Å². The lowest BCUT2D eigenvalue weighted by molar-refractivity contribution is -0.384. The third kappa shape index (κ3) is 3.21. The topological polar surface area (TPSA) is 102 Å². The Balaban J connectivity index is 3.31. The maximum atomic E-state index is 11.2. The van der Waals surface area contributed by atoms with Crippen molar-refractivity contribution in [1.29, 1.82) is 0 Å². The van der Waals surface area contributed by atoms with E-state index >= 15 is 0 Å². The molecule has 0 aliphatic heterocycles. The van der Waals surface area contributed by atoms with Gasteiger partial charge in [-0.25, -0.2) is 4.68 Å². The number of aryl methyl sites for hydroxylation is 2. The van der Waals surface area contributed by atoms with Crippen molar-refractivity contribution < 1.29 is 14.8 Å². The number of carbonyl (C=O) groups is 1. The monoisotopic (exact) mass is 270 g/mol. The van der Waals surface area contributed by atoms with Crippen molar-refractivity contribution >= 4 is 17.5 Å². The molecule has 0 spiro atoms. The molecule has 0 fully saturated rings. The van der Waals surface area contributed by atoms with Crippen molar-refractivity contribution in [3.8, 4) is 0 Å². The summed E-state index contributed by atoms with van der Waals surface area (Å²) >= 11 is 0. The largest absolute Gasteiger partial charge is 0.480 e. The molecule has 0 saturated heterocycles. The molecule has 0 aromatic carbocycles. The van der Waals surface area contributed by atoms with E-state index in [1.807, 2.05) is 6.92 Å². The van der Waals surface area contributed by atoms with Gasteiger partial charge in [-0.2, -0.15) is 5.10 Å². The van der Waals surface area contributed by atoms with Crippen LogP contribution in [-0.4, -0.2) is 38.9 Å². The van der Waals surface area contributed by atoms with Gasteiger partial charge in [-0.3, -0.25) is 14.9 Å². The predicted molar refractivity (Wildman–Crippen MR) is 69.4 cm³/mol. The van der Waals surface area contributed by atoms with Crippen LogP contribution in [0, 0.1) is 10.1 Å². The van der Waals surface area contributed by atoms with E-state index < -0.39 is 10.9 Å². The average molecular weight is 270 g/mol. The molecule has 8 heteroatoms. The number of hydrogen-bond donors (Lipinski definition) is 1. The molecule has 19 heavy (non-hydrogen) atoms. The molecule has 0 unspecified atom stereocenters. The third-order valence-corrected chi connectivity index (χ3v) is 2.70. The highest BCUT2D eigenvalue weighted by Gasteiger charge is 2.30. The molecule has 1 rings (SSSR count). The maximum Gasteiger partial charge on any atom is 0.334 e. The summed E-state index contributed by atoms with van der Waals surface area (Å²) in [6.45, 7) is 3.81. The van der Waals surface area contributed by atoms with Crippen LogP contribution in [0.25, 0.3) is 0 Å². The molecule has 0 bridgehead atoms. The highest BCUT2D eigenvalue weighted by Crippen LogP contribution is 2.31. The summed E-state index contributed by atoms with van der Waals surface area (Å²) in [5.41, 5.74) is 0.272. The highest BCUT2D eigenvalue weighted by atomic mass is 16.6. The summed E-state index contributed by atoms with van der Waals surface area (Å²) < 4.78 is 1.38. The quantitative estimate of drug-likeness (QED) is 0.590. The van der Waals surface area contributed by atoms with Crippen LogP contribution in [0.2, 0.25) is 0 Å². The Morgan fingerprint density at radius 1 is 1.53 bits per heavy atom. The Labute approximate surface area is 110 Å². The summed E-state index contributed by atoms with van der Waals surface area (Å²) in [5, 5.41) is 24.2. The minimum atomic E-state index is -1.03. The molecule has 1 N–H and O–H groups in total. The zero-order valence-corrected chi connectivity index (χ0v) is 11.3. The van der Waals surface area contributed by atoms with Gasteiger partial charge in [0.25, 0.3) is 0 Å². The fourth-order valence-electron chi connectivity index (χ4n) is 2.03. The number of aliphatic carboxylic acids is 1. The first kappa shape index (κ1) is 14.9. The second-order valence-corrected chi connectivity index (χ2v) is 4.17. The molecule has 8 nitrogen and oxygen atoms in total. The van der Waals surface area contributed by atoms with Gasteiger partial charge in [0.2, 0.25) is 5.82 Å². The van der Waals surface area contributed by atoms with Crippen LogP contribution in [0.4, 0.5) is 11.5 Å². The lowest BCUT2D eigenvalue weighted by Crippen LogP contribution is -2.32. The number of anilines is 1. The Morgan fingerprint density at radius 3 is 2.58 bits per heavy atom. The van der Waals surface area contributed by atoms with Crippen LogP contribution in [0.1, 0.15) is 26.0 Å². The molecule has 0 atom stereocenters. The van der Waals surface area contributed by atoms with E-state index in [1.165, 1.54) is 9.58 Å². The number of nitrogens with zero attached hydrogens (tertiary/aromatic N) is 4. The van der Waals surface area contributed by atoms with E-state index in [0.717, 1.165) is 0 Å². The van der Waals surface area contributed by atoms with Gasteiger partial charge in [-0.1, -0.05) is 13.8 Å². The minimum absolute atomic E-state index is 0.0975. The molecule has 0 amide bonds. The van der Waals surface area contributed by atoms with E-state index in [9.17, 15) is 14.9 Å². The molecule has 1 heterocycles. The normalized spacial score (nSPS) is 10.5. The summed E-state index contributed by atoms with van der Waals surface area (Å²) in [6.07, 6.45) is 1.12. The van der Waals surface area contributed by atoms with Crippen molar-refractivity contribution in [3.63, 3.8) is 0 Å². The molecule has 1 aromatic rings. The van der Waals surface area contributed by atoms with Gasteiger partial charge in [0.05, 0.1) is 4.92 Å². The van der Waals surface area contributed by atoms with Crippen molar-refractivity contribution in [2.75, 3.05) is 18.0 Å². The standard InChI is InChI=1S/C11H18N4O4/c1-4-6-14(7-9(16)17)11-10(15(18)19)8(5-2)12-13(11)3/h4-7H2,1-3H3,(H,16,17). The van der Waals surface area contributed by atoms with Gasteiger partial charge in [-0.05, 0) is 12.8 Å². The van der Waals surface area contributed by atoms with Crippen molar-refractivity contribution in [2.24, 2.45) is 7.05 Å². The molecule has 0 saturated carbocycles. The smallest absolute Gasteiger partial charge is 0.334 e. The van der Waals surface area contributed by atoms with Gasteiger partial charge in [-0.15, -0.1) is 0 Å². The lowest BCUT2D eigenvalue weighted by Gasteiger charge is -2.20. The second kappa shape index (κ2) is 6.17. The summed E-state index contributed by atoms with van der Waals surface area (Å²) in [6, 6.07) is 0. The molecular formula is C11H18N4O4. The first-order chi connectivity index (χ1) is 8.92. The first-order valence-corrected chi connectivity index (χ1v) is 6.09. The van der Waals surface area contributed by atoms with Crippen LogP contribution in [0.3, 0.4) is 0 Å². The van der Waals surface area contributed by atoms with Gasteiger partial charge < -0.3 is 10.0 Å². The van der Waals surface area contributed by atoms with Crippen LogP contribution in [0.5, 0.6) is 0 Å². The fourth-order valence-corrected chi connectivity index (χ4v) is 2.03. The highest BCUT2D eigenvalue weighted by molar-refractivity contribution is 5.75. The Hall–Kier alpha value is -2.12. The zero-order chi connectivity index (χ0) is 14.6. The average Bonchev–Trinajstić information content (AvgIpc) is 2.65. The van der Waals surface area contributed by atoms with Gasteiger partial charge in [0, 0.05) is 13.6 Å². The lowest BCUT2D eigenvalue weighted by atomic mass is 10.2. The SMILES string of the molecule is CCCN(CC(=O)O)c1c([N+](=O)[O-])c(CC)nn1C. The van der Waals surface area contributed by atoms with E-state index in [0.29, 0.717) is 25.1 Å². The number of carboxylic acids is 1. The third-order valence-electron chi connectivity index (χ3n) is 2.70. The molecule has 0 radical (unpaired) electrons. The molecule has 0 aliphatic rings. The van der Waals surface area contributed by atoms with Crippen LogP contribution in [-0.2, 0) is 18.3 Å². The second-order valence-electron chi connectivity index (χ2n) is 4.17. The minimum Gasteiger partial charge on any atom is -0.480 e. The van der Waals surface area contributed by atoms with E-state index in [4.69, 9.17) is 5.11 Å². The number of aromatic nitrogens is 2. The summed E-state index contributed by atoms with van der Waals surface area (Å²) in [7, 11) is 1.59. The van der Waals surface area contributed by atoms with Crippen molar-refractivity contribution in [2.45, 2.75) is 26.7 Å². The van der Waals surface area contributed by atoms with Gasteiger partial charge in [0.15, 0.2) is 0 Å². The number of hydrogen-bond acceptors (Lipinski definition) is 5. The van der Waals surface area contributed by atoms with Crippen molar-refractivity contribution in [1.82, 2.24) is 9.78 Å². The first-order valence-electron chi connectivity index (χ1n) is 6.09. The Bertz CT molecular complexity index is 483. The Kier molecular flexibility index (Phi) is 4.85. The zero-order valence-electron chi connectivity index (χ0n) is 11.3. The Morgan fingerprint density at radius 2 is 2.16 bits per heavy atom. The van der Waals surface area contributed by atoms with Crippen molar-refractivity contribution in [3.05, 3.63) is 15.8 Å². The fraction of sp³-hybridized carbons (Fsp3) is 0.636. The maximum absolute atomic E-state index is 11.2. The predicted octanol–water partition coefficient (Wildman–Crippen LogP) is 1.19. The molecular weight excluding hydrogens is 252 g/mol.